The van der Waals surface area contributed by atoms with Crippen LogP contribution in [0.1, 0.15) is 27.9 Å². The monoisotopic (exact) mass is 475 g/mol. The summed E-state index contributed by atoms with van der Waals surface area (Å²) in [6.07, 6.45) is 0.833. The van der Waals surface area contributed by atoms with Crippen molar-refractivity contribution in [3.63, 3.8) is 0 Å². The van der Waals surface area contributed by atoms with Crippen molar-refractivity contribution in [1.82, 2.24) is 9.80 Å². The van der Waals surface area contributed by atoms with Gasteiger partial charge in [0.25, 0.3) is 5.91 Å². The second kappa shape index (κ2) is 9.39. The Morgan fingerprint density at radius 2 is 1.79 bits per heavy atom. The Morgan fingerprint density at radius 3 is 2.59 bits per heavy atom. The Labute approximate surface area is 204 Å². The quantitative estimate of drug-likeness (QED) is 0.478. The van der Waals surface area contributed by atoms with Gasteiger partial charge in [-0.2, -0.15) is 0 Å². The van der Waals surface area contributed by atoms with Crippen molar-refractivity contribution in [2.45, 2.75) is 13.3 Å². The minimum Gasteiger partial charge on any atom is -0.497 e. The zero-order valence-electron chi connectivity index (χ0n) is 19.3. The van der Waals surface area contributed by atoms with E-state index in [0.29, 0.717) is 30.2 Å². The molecule has 34 heavy (non-hydrogen) atoms. The summed E-state index contributed by atoms with van der Waals surface area (Å²) in [5.41, 5.74) is 3.43. The summed E-state index contributed by atoms with van der Waals surface area (Å²) in [5.74, 6) is 3.06. The maximum Gasteiger partial charge on any atom is 0.253 e. The molecule has 0 saturated carbocycles. The Bertz CT molecular complexity index is 1260. The van der Waals surface area contributed by atoms with E-state index in [9.17, 15) is 4.79 Å². The Hall–Kier alpha value is -3.51. The number of fused-ring (bicyclic) bond motifs is 2. The van der Waals surface area contributed by atoms with Gasteiger partial charge in [-0.1, -0.05) is 17.7 Å². The van der Waals surface area contributed by atoms with Gasteiger partial charge < -0.3 is 19.3 Å². The molecule has 0 aromatic heterocycles. The lowest BCUT2D eigenvalue weighted by atomic mass is 10.1. The van der Waals surface area contributed by atoms with Gasteiger partial charge >= 0.3 is 0 Å². The van der Waals surface area contributed by atoms with Gasteiger partial charge in [-0.05, 0) is 73.5 Å². The fraction of sp³-hybridized carbons (Fsp3) is 0.259. The SMILES string of the molecule is COc1ccc2c(c1)C(N1CCCN(C(=O)c3ccc(Cl)cc3)CC1)=Nc1ccc(C)cc1O2. The first-order valence-corrected chi connectivity index (χ1v) is 11.7. The number of hydrogen-bond acceptors (Lipinski definition) is 5. The summed E-state index contributed by atoms with van der Waals surface area (Å²) >= 11 is 5.99. The lowest BCUT2D eigenvalue weighted by Gasteiger charge is -2.25. The molecular weight excluding hydrogens is 450 g/mol. The van der Waals surface area contributed by atoms with Crippen LogP contribution >= 0.6 is 11.6 Å². The first-order chi connectivity index (χ1) is 16.5. The number of amidine groups is 1. The molecule has 6 nitrogen and oxygen atoms in total. The maximum absolute atomic E-state index is 13.1. The number of rotatable bonds is 2. The van der Waals surface area contributed by atoms with Gasteiger partial charge in [-0.25, -0.2) is 4.99 Å². The summed E-state index contributed by atoms with van der Waals surface area (Å²) in [6.45, 7) is 4.76. The third-order valence-electron chi connectivity index (χ3n) is 6.16. The lowest BCUT2D eigenvalue weighted by Crippen LogP contribution is -2.37. The smallest absolute Gasteiger partial charge is 0.253 e. The molecule has 1 amide bonds. The molecule has 174 valence electrons. The van der Waals surface area contributed by atoms with E-state index in [1.807, 2.05) is 48.2 Å². The van der Waals surface area contributed by atoms with E-state index in [1.54, 1.807) is 31.4 Å². The van der Waals surface area contributed by atoms with Gasteiger partial charge in [0, 0.05) is 36.8 Å². The van der Waals surface area contributed by atoms with E-state index in [1.165, 1.54) is 0 Å². The van der Waals surface area contributed by atoms with Gasteiger partial charge in [-0.15, -0.1) is 0 Å². The van der Waals surface area contributed by atoms with E-state index in [2.05, 4.69) is 4.90 Å². The molecule has 0 aliphatic carbocycles. The summed E-state index contributed by atoms with van der Waals surface area (Å²) < 4.78 is 11.8. The van der Waals surface area contributed by atoms with Crippen molar-refractivity contribution < 1.29 is 14.3 Å². The molecule has 1 fully saturated rings. The first kappa shape index (κ1) is 22.3. The minimum absolute atomic E-state index is 0.0209. The highest BCUT2D eigenvalue weighted by Gasteiger charge is 2.27. The number of carbonyl (C=O) groups is 1. The molecule has 2 aliphatic rings. The zero-order chi connectivity index (χ0) is 23.7. The van der Waals surface area contributed by atoms with E-state index in [0.717, 1.165) is 52.9 Å². The number of aryl methyl sites for hydroxylation is 1. The molecule has 0 radical (unpaired) electrons. The maximum atomic E-state index is 13.1. The predicted octanol–water partition coefficient (Wildman–Crippen LogP) is 5.69. The van der Waals surface area contributed by atoms with Crippen molar-refractivity contribution >= 4 is 29.0 Å². The van der Waals surface area contributed by atoms with Crippen LogP contribution in [0.25, 0.3) is 0 Å². The number of amides is 1. The van der Waals surface area contributed by atoms with E-state index in [4.69, 9.17) is 26.1 Å². The largest absolute Gasteiger partial charge is 0.497 e. The van der Waals surface area contributed by atoms with Crippen LogP contribution in [0.3, 0.4) is 0 Å². The van der Waals surface area contributed by atoms with Gasteiger partial charge in [0.15, 0.2) is 5.75 Å². The third-order valence-corrected chi connectivity index (χ3v) is 6.42. The van der Waals surface area contributed by atoms with Crippen LogP contribution in [0.2, 0.25) is 5.02 Å². The molecule has 2 heterocycles. The average molecular weight is 476 g/mol. The fourth-order valence-electron chi connectivity index (χ4n) is 4.34. The molecule has 7 heteroatoms. The standard InChI is InChI=1S/C27H26ClN3O3/c1-18-4-10-23-25(16-18)34-24-11-9-21(33-2)17-22(24)26(29-23)30-12-3-13-31(15-14-30)27(32)19-5-7-20(28)8-6-19/h4-11,16-17H,3,12-15H2,1-2H3. The van der Waals surface area contributed by atoms with E-state index < -0.39 is 0 Å². The molecular formula is C27H26ClN3O3. The van der Waals surface area contributed by atoms with Crippen molar-refractivity contribution in [2.24, 2.45) is 4.99 Å². The van der Waals surface area contributed by atoms with Crippen LogP contribution in [-0.4, -0.2) is 54.8 Å². The summed E-state index contributed by atoms with van der Waals surface area (Å²) in [5, 5.41) is 0.622. The molecule has 2 aliphatic heterocycles. The number of methoxy groups -OCH3 is 1. The molecule has 1 saturated heterocycles. The topological polar surface area (TPSA) is 54.4 Å². The second-order valence-electron chi connectivity index (χ2n) is 8.51. The van der Waals surface area contributed by atoms with Gasteiger partial charge in [-0.3, -0.25) is 4.79 Å². The minimum atomic E-state index is 0.0209. The highest BCUT2D eigenvalue weighted by atomic mass is 35.5. The third kappa shape index (κ3) is 4.46. The van der Waals surface area contributed by atoms with Crippen LogP contribution in [-0.2, 0) is 0 Å². The number of ether oxygens (including phenoxy) is 2. The zero-order valence-corrected chi connectivity index (χ0v) is 20.0. The first-order valence-electron chi connectivity index (χ1n) is 11.4. The van der Waals surface area contributed by atoms with Crippen LogP contribution in [0.5, 0.6) is 17.2 Å². The van der Waals surface area contributed by atoms with Gasteiger partial charge in [0.05, 0.1) is 12.7 Å². The molecule has 5 rings (SSSR count). The number of benzene rings is 3. The van der Waals surface area contributed by atoms with Crippen LogP contribution in [0.4, 0.5) is 5.69 Å². The van der Waals surface area contributed by atoms with Crippen LogP contribution in [0, 0.1) is 6.92 Å². The molecule has 0 unspecified atom stereocenters. The van der Waals surface area contributed by atoms with E-state index >= 15 is 0 Å². The molecule has 3 aromatic carbocycles. The molecule has 3 aromatic rings. The fourth-order valence-corrected chi connectivity index (χ4v) is 4.46. The Balaban J connectivity index is 1.46. The van der Waals surface area contributed by atoms with Crippen molar-refractivity contribution in [3.8, 4) is 17.2 Å². The summed E-state index contributed by atoms with van der Waals surface area (Å²) in [6, 6.07) is 18.9. The Morgan fingerprint density at radius 1 is 0.971 bits per heavy atom. The highest BCUT2D eigenvalue weighted by Crippen LogP contribution is 2.40. The van der Waals surface area contributed by atoms with Crippen LogP contribution in [0.15, 0.2) is 65.7 Å². The van der Waals surface area contributed by atoms with Gasteiger partial charge in [0.1, 0.15) is 23.0 Å². The molecule has 0 spiro atoms. The molecule has 0 bridgehead atoms. The van der Waals surface area contributed by atoms with E-state index in [-0.39, 0.29) is 5.91 Å². The number of nitrogens with zero attached hydrogens (tertiary/aromatic N) is 3. The van der Waals surface area contributed by atoms with Crippen LogP contribution < -0.4 is 9.47 Å². The Kier molecular flexibility index (Phi) is 6.16. The summed E-state index contributed by atoms with van der Waals surface area (Å²) in [4.78, 5) is 22.3. The number of carbonyl (C=O) groups excluding carboxylic acids is 1. The van der Waals surface area contributed by atoms with Gasteiger partial charge in [0.2, 0.25) is 0 Å². The number of aliphatic imine (C=N–C) groups is 1. The normalized spacial score (nSPS) is 15.3. The number of halogens is 1. The van der Waals surface area contributed by atoms with Crippen molar-refractivity contribution in [1.29, 1.82) is 0 Å². The summed E-state index contributed by atoms with van der Waals surface area (Å²) in [7, 11) is 1.65. The van der Waals surface area contributed by atoms with Crippen molar-refractivity contribution in [2.75, 3.05) is 33.3 Å². The van der Waals surface area contributed by atoms with Crippen molar-refractivity contribution in [3.05, 3.63) is 82.4 Å². The number of hydrogen-bond donors (Lipinski definition) is 0. The molecule has 0 atom stereocenters. The highest BCUT2D eigenvalue weighted by molar-refractivity contribution is 6.30. The predicted molar refractivity (Wildman–Crippen MR) is 134 cm³/mol. The second-order valence-corrected chi connectivity index (χ2v) is 8.95. The lowest BCUT2D eigenvalue weighted by molar-refractivity contribution is 0.0764. The molecule has 0 N–H and O–H groups in total. The average Bonchev–Trinajstić information content (AvgIpc) is 3.18.